The first kappa shape index (κ1) is 17.9. The molecule has 1 aliphatic rings. The van der Waals surface area contributed by atoms with Crippen molar-refractivity contribution in [3.8, 4) is 11.8 Å². The van der Waals surface area contributed by atoms with Crippen molar-refractivity contribution >= 4 is 5.91 Å². The molecule has 0 unspecified atom stereocenters. The van der Waals surface area contributed by atoms with Crippen LogP contribution in [0.25, 0.3) is 0 Å². The number of hydrogen-bond acceptors (Lipinski definition) is 6. The second kappa shape index (κ2) is 8.47. The summed E-state index contributed by atoms with van der Waals surface area (Å²) in [5.41, 5.74) is 0.946. The van der Waals surface area contributed by atoms with Gasteiger partial charge in [-0.25, -0.2) is 0 Å². The number of rotatable bonds is 6. The fourth-order valence-electron chi connectivity index (χ4n) is 2.82. The Bertz CT molecular complexity index is 781. The summed E-state index contributed by atoms with van der Waals surface area (Å²) in [6.45, 7) is 1.06. The summed E-state index contributed by atoms with van der Waals surface area (Å²) in [5.74, 6) is 0.348. The van der Waals surface area contributed by atoms with Crippen LogP contribution in [0.4, 0.5) is 0 Å². The van der Waals surface area contributed by atoms with Gasteiger partial charge in [-0.2, -0.15) is 10.4 Å². The summed E-state index contributed by atoms with van der Waals surface area (Å²) >= 11 is 0. The average molecular weight is 356 g/mol. The number of aromatic nitrogens is 2. The van der Waals surface area contributed by atoms with Crippen molar-refractivity contribution in [3.63, 3.8) is 0 Å². The highest BCUT2D eigenvalue weighted by molar-refractivity contribution is 5.92. The van der Waals surface area contributed by atoms with Crippen LogP contribution in [0.1, 0.15) is 22.5 Å². The van der Waals surface area contributed by atoms with Crippen LogP contribution in [0.3, 0.4) is 0 Å². The lowest BCUT2D eigenvalue weighted by atomic mass is 10.1. The van der Waals surface area contributed by atoms with Crippen LogP contribution < -0.4 is 10.1 Å². The molecule has 1 aliphatic heterocycles. The molecule has 0 spiro atoms. The number of carbonyl (C=O) groups excluding carboxylic acids is 1. The largest absolute Gasteiger partial charge is 0.486 e. The van der Waals surface area contributed by atoms with E-state index in [-0.39, 0.29) is 31.2 Å². The number of amides is 1. The third-order valence-corrected chi connectivity index (χ3v) is 4.15. The molecule has 26 heavy (non-hydrogen) atoms. The maximum atomic E-state index is 12.6. The summed E-state index contributed by atoms with van der Waals surface area (Å²) in [6, 6.07) is 10.3. The lowest BCUT2D eigenvalue weighted by molar-refractivity contribution is -0.0136. The van der Waals surface area contributed by atoms with E-state index in [1.807, 2.05) is 0 Å². The Hall–Kier alpha value is -2.89. The molecular weight excluding hydrogens is 336 g/mol. The minimum absolute atomic E-state index is 0.0936. The molecule has 0 aliphatic carbocycles. The molecule has 2 atom stereocenters. The number of nitrogens with zero attached hydrogens (tertiary/aromatic N) is 3. The van der Waals surface area contributed by atoms with Crippen LogP contribution in [0, 0.1) is 11.3 Å². The number of hydrogen-bond donors (Lipinski definition) is 2. The van der Waals surface area contributed by atoms with Crippen molar-refractivity contribution in [1.82, 2.24) is 15.1 Å². The van der Waals surface area contributed by atoms with Crippen LogP contribution in [0.5, 0.6) is 5.75 Å². The highest BCUT2D eigenvalue weighted by Gasteiger charge is 2.30. The fraction of sp³-hybridized carbons (Fsp3) is 0.389. The molecule has 1 amide bonds. The van der Waals surface area contributed by atoms with Gasteiger partial charge in [0, 0.05) is 12.8 Å². The fourth-order valence-corrected chi connectivity index (χ4v) is 2.82. The predicted octanol–water partition coefficient (Wildman–Crippen LogP) is 0.713. The van der Waals surface area contributed by atoms with Gasteiger partial charge in [0.2, 0.25) is 0 Å². The number of aliphatic hydroxyl groups is 1. The number of carbonyl (C=O) groups is 1. The Morgan fingerprint density at radius 1 is 1.42 bits per heavy atom. The van der Waals surface area contributed by atoms with E-state index >= 15 is 0 Å². The highest BCUT2D eigenvalue weighted by Crippen LogP contribution is 2.19. The molecule has 8 nitrogen and oxygen atoms in total. The van der Waals surface area contributed by atoms with Gasteiger partial charge in [-0.15, -0.1) is 0 Å². The van der Waals surface area contributed by atoms with Gasteiger partial charge in [0.15, 0.2) is 0 Å². The summed E-state index contributed by atoms with van der Waals surface area (Å²) in [5, 5.41) is 24.9. The number of nitriles is 1. The molecule has 136 valence electrons. The van der Waals surface area contributed by atoms with E-state index in [4.69, 9.17) is 19.8 Å². The maximum Gasteiger partial charge on any atom is 0.269 e. The number of nitrogens with one attached hydrogen (secondary N) is 1. The molecule has 1 aromatic carbocycles. The summed E-state index contributed by atoms with van der Waals surface area (Å²) in [4.78, 5) is 12.6. The zero-order valence-corrected chi connectivity index (χ0v) is 14.2. The van der Waals surface area contributed by atoms with E-state index < -0.39 is 0 Å². The summed E-state index contributed by atoms with van der Waals surface area (Å²) in [6.07, 6.45) is 1.81. The van der Waals surface area contributed by atoms with E-state index in [0.29, 0.717) is 36.6 Å². The Balaban J connectivity index is 1.67. The lowest BCUT2D eigenvalue weighted by Crippen LogP contribution is -2.51. The normalized spacial score (nSPS) is 19.5. The molecule has 0 radical (unpaired) electrons. The Morgan fingerprint density at radius 3 is 2.96 bits per heavy atom. The quantitative estimate of drug-likeness (QED) is 0.789. The SMILES string of the molecule is N#Cc1ccc(O[C@@H]2COCC[C@H]2NC(=O)c2ccnn2CCO)cc1. The third kappa shape index (κ3) is 4.20. The van der Waals surface area contributed by atoms with Crippen LogP contribution in [0.15, 0.2) is 36.5 Å². The van der Waals surface area contributed by atoms with Gasteiger partial charge in [0.1, 0.15) is 17.5 Å². The molecule has 3 rings (SSSR count). The Kier molecular flexibility index (Phi) is 5.84. The Labute approximate surface area is 150 Å². The van der Waals surface area contributed by atoms with Crippen LogP contribution in [0.2, 0.25) is 0 Å². The molecule has 2 aromatic rings. The minimum Gasteiger partial charge on any atom is -0.486 e. The van der Waals surface area contributed by atoms with Gasteiger partial charge >= 0.3 is 0 Å². The first-order valence-electron chi connectivity index (χ1n) is 8.39. The minimum atomic E-state index is -0.338. The van der Waals surface area contributed by atoms with Crippen molar-refractivity contribution in [2.45, 2.75) is 25.1 Å². The van der Waals surface area contributed by atoms with Gasteiger partial charge in [-0.1, -0.05) is 0 Å². The van der Waals surface area contributed by atoms with Gasteiger partial charge in [-0.05, 0) is 36.8 Å². The number of aliphatic hydroxyl groups excluding tert-OH is 1. The number of benzene rings is 1. The second-order valence-electron chi connectivity index (χ2n) is 5.90. The summed E-state index contributed by atoms with van der Waals surface area (Å²) < 4.78 is 12.9. The van der Waals surface area contributed by atoms with Gasteiger partial charge in [0.25, 0.3) is 5.91 Å². The average Bonchev–Trinajstić information content (AvgIpc) is 3.13. The van der Waals surface area contributed by atoms with Crippen molar-refractivity contribution in [3.05, 3.63) is 47.8 Å². The van der Waals surface area contributed by atoms with Crippen molar-refractivity contribution in [1.29, 1.82) is 5.26 Å². The molecule has 1 saturated heterocycles. The number of ether oxygens (including phenoxy) is 2. The van der Waals surface area contributed by atoms with Crippen molar-refractivity contribution in [2.75, 3.05) is 19.8 Å². The van der Waals surface area contributed by atoms with Crippen molar-refractivity contribution < 1.29 is 19.4 Å². The second-order valence-corrected chi connectivity index (χ2v) is 5.90. The molecule has 2 N–H and O–H groups in total. The molecular formula is C18H20N4O4. The van der Waals surface area contributed by atoms with E-state index in [0.717, 1.165) is 0 Å². The monoisotopic (exact) mass is 356 g/mol. The van der Waals surface area contributed by atoms with E-state index in [1.54, 1.807) is 30.3 Å². The lowest BCUT2D eigenvalue weighted by Gasteiger charge is -2.32. The predicted molar refractivity (Wildman–Crippen MR) is 91.6 cm³/mol. The zero-order valence-electron chi connectivity index (χ0n) is 14.2. The topological polar surface area (TPSA) is 109 Å². The van der Waals surface area contributed by atoms with Crippen LogP contribution in [-0.2, 0) is 11.3 Å². The van der Waals surface area contributed by atoms with Gasteiger partial charge < -0.3 is 19.9 Å². The highest BCUT2D eigenvalue weighted by atomic mass is 16.5. The smallest absolute Gasteiger partial charge is 0.269 e. The van der Waals surface area contributed by atoms with Gasteiger partial charge in [0.05, 0.1) is 37.4 Å². The molecule has 0 saturated carbocycles. The van der Waals surface area contributed by atoms with Crippen molar-refractivity contribution in [2.24, 2.45) is 0 Å². The van der Waals surface area contributed by atoms with E-state index in [1.165, 1.54) is 10.9 Å². The van der Waals surface area contributed by atoms with Crippen LogP contribution >= 0.6 is 0 Å². The standard InChI is InChI=1S/C18H20N4O4/c19-11-13-1-3-14(4-2-13)26-17-12-25-10-6-15(17)21-18(24)16-5-7-20-22(16)8-9-23/h1-5,7,15,17,23H,6,8-10,12H2,(H,21,24)/t15-,17-/m1/s1. The summed E-state index contributed by atoms with van der Waals surface area (Å²) in [7, 11) is 0. The third-order valence-electron chi connectivity index (χ3n) is 4.15. The Morgan fingerprint density at radius 2 is 2.23 bits per heavy atom. The maximum absolute atomic E-state index is 12.6. The van der Waals surface area contributed by atoms with Crippen LogP contribution in [-0.4, -0.2) is 52.8 Å². The molecule has 1 aromatic heterocycles. The first-order valence-corrected chi connectivity index (χ1v) is 8.39. The molecule has 1 fully saturated rings. The van der Waals surface area contributed by atoms with E-state index in [9.17, 15) is 4.79 Å². The molecule has 0 bridgehead atoms. The molecule has 2 heterocycles. The zero-order chi connectivity index (χ0) is 18.4. The van der Waals surface area contributed by atoms with Gasteiger partial charge in [-0.3, -0.25) is 9.48 Å². The molecule has 8 heteroatoms. The van der Waals surface area contributed by atoms with E-state index in [2.05, 4.69) is 16.5 Å². The first-order chi connectivity index (χ1) is 12.7.